The number of carboxylic acids is 1. The molecule has 5 nitrogen and oxygen atoms in total. The molecule has 0 bridgehead atoms. The summed E-state index contributed by atoms with van der Waals surface area (Å²) in [6.45, 7) is 3.01. The lowest BCUT2D eigenvalue weighted by Crippen LogP contribution is -2.28. The van der Waals surface area contributed by atoms with Crippen LogP contribution in [0.25, 0.3) is 6.08 Å². The Balaban J connectivity index is 1.74. The highest BCUT2D eigenvalue weighted by Crippen LogP contribution is 2.24. The molecule has 1 aliphatic rings. The largest absolute Gasteiger partial charge is 0.478 e. The van der Waals surface area contributed by atoms with Crippen molar-refractivity contribution in [3.63, 3.8) is 0 Å². The molecular formula is C21H28O5. The Morgan fingerprint density at radius 2 is 1.73 bits per heavy atom. The van der Waals surface area contributed by atoms with Crippen LogP contribution < -0.4 is 0 Å². The summed E-state index contributed by atoms with van der Waals surface area (Å²) in [4.78, 5) is 22.8. The van der Waals surface area contributed by atoms with Crippen LogP contribution in [0.4, 0.5) is 0 Å². The first-order chi connectivity index (χ1) is 12.6. The van der Waals surface area contributed by atoms with Crippen LogP contribution in [0.2, 0.25) is 0 Å². The van der Waals surface area contributed by atoms with E-state index in [4.69, 9.17) is 14.6 Å². The van der Waals surface area contributed by atoms with Crippen molar-refractivity contribution in [2.75, 3.05) is 6.61 Å². The monoisotopic (exact) mass is 360 g/mol. The first kappa shape index (κ1) is 20.2. The smallest absolute Gasteiger partial charge is 0.338 e. The van der Waals surface area contributed by atoms with Crippen molar-refractivity contribution in [2.24, 2.45) is 0 Å². The van der Waals surface area contributed by atoms with Crippen LogP contribution in [0.5, 0.6) is 0 Å². The van der Waals surface area contributed by atoms with Crippen LogP contribution in [0, 0.1) is 0 Å². The zero-order valence-corrected chi connectivity index (χ0v) is 15.4. The van der Waals surface area contributed by atoms with Crippen LogP contribution >= 0.6 is 0 Å². The van der Waals surface area contributed by atoms with Gasteiger partial charge in [-0.2, -0.15) is 0 Å². The molecule has 0 saturated heterocycles. The number of carbonyl (C=O) groups excluding carboxylic acids is 1. The molecule has 0 unspecified atom stereocenters. The number of rotatable bonds is 9. The molecule has 1 aromatic rings. The van der Waals surface area contributed by atoms with E-state index >= 15 is 0 Å². The third kappa shape index (κ3) is 7.00. The zero-order chi connectivity index (χ0) is 18.8. The lowest BCUT2D eigenvalue weighted by Gasteiger charge is -2.28. The van der Waals surface area contributed by atoms with E-state index < -0.39 is 5.97 Å². The molecule has 1 fully saturated rings. The summed E-state index contributed by atoms with van der Waals surface area (Å²) in [7, 11) is 0. The second-order valence-electron chi connectivity index (χ2n) is 6.68. The van der Waals surface area contributed by atoms with E-state index in [1.54, 1.807) is 24.3 Å². The molecule has 0 radical (unpaired) electrons. The third-order valence-electron chi connectivity index (χ3n) is 4.56. The van der Waals surface area contributed by atoms with Crippen molar-refractivity contribution in [3.8, 4) is 0 Å². The molecule has 2 rings (SSSR count). The molecule has 0 atom stereocenters. The number of carboxylic acid groups (broad SMARTS) is 1. The fourth-order valence-corrected chi connectivity index (χ4v) is 3.04. The molecule has 1 saturated carbocycles. The topological polar surface area (TPSA) is 72.8 Å². The summed E-state index contributed by atoms with van der Waals surface area (Å²) in [5, 5.41) is 8.62. The van der Waals surface area contributed by atoms with E-state index in [2.05, 4.69) is 6.92 Å². The van der Waals surface area contributed by atoms with Gasteiger partial charge in [0.2, 0.25) is 0 Å². The van der Waals surface area contributed by atoms with Gasteiger partial charge in [-0.05, 0) is 55.9 Å². The van der Waals surface area contributed by atoms with Gasteiger partial charge in [0.1, 0.15) is 6.10 Å². The number of hydrogen-bond acceptors (Lipinski definition) is 4. The minimum Gasteiger partial charge on any atom is -0.478 e. The summed E-state index contributed by atoms with van der Waals surface area (Å²) in [6.07, 6.45) is 9.85. The number of esters is 1. The SMILES string of the molecule is CCCCCOC1CCC(OC(=O)c2ccc(C=CC(=O)O)cc2)CC1. The first-order valence-corrected chi connectivity index (χ1v) is 9.42. The van der Waals surface area contributed by atoms with Crippen LogP contribution in [0.15, 0.2) is 30.3 Å². The van der Waals surface area contributed by atoms with Gasteiger partial charge in [-0.3, -0.25) is 0 Å². The van der Waals surface area contributed by atoms with E-state index in [1.807, 2.05) is 0 Å². The second kappa shape index (κ2) is 10.8. The van der Waals surface area contributed by atoms with Crippen molar-refractivity contribution >= 4 is 18.0 Å². The quantitative estimate of drug-likeness (QED) is 0.400. The summed E-state index contributed by atoms with van der Waals surface area (Å²) >= 11 is 0. The number of aliphatic carboxylic acids is 1. The minimum atomic E-state index is -1.00. The molecule has 0 heterocycles. The van der Waals surface area contributed by atoms with Gasteiger partial charge in [-0.1, -0.05) is 31.9 Å². The Kier molecular flexibility index (Phi) is 8.35. The van der Waals surface area contributed by atoms with Crippen LogP contribution in [-0.2, 0) is 14.3 Å². The van der Waals surface area contributed by atoms with Gasteiger partial charge in [0.05, 0.1) is 11.7 Å². The lowest BCUT2D eigenvalue weighted by atomic mass is 9.95. The minimum absolute atomic E-state index is 0.0513. The molecular weight excluding hydrogens is 332 g/mol. The Hall–Kier alpha value is -2.14. The number of ether oxygens (including phenoxy) is 2. The molecule has 0 amide bonds. The normalized spacial score (nSPS) is 20.2. The predicted octanol–water partition coefficient (Wildman–Crippen LogP) is 4.46. The van der Waals surface area contributed by atoms with Crippen molar-refractivity contribution in [1.29, 1.82) is 0 Å². The van der Waals surface area contributed by atoms with Gasteiger partial charge in [0.15, 0.2) is 0 Å². The molecule has 1 aromatic carbocycles. The fourth-order valence-electron chi connectivity index (χ4n) is 3.04. The lowest BCUT2D eigenvalue weighted by molar-refractivity contribution is -0.131. The maximum atomic E-state index is 12.3. The standard InChI is InChI=1S/C21H28O5/c1-2-3-4-15-25-18-10-12-19(13-11-18)26-21(24)17-8-5-16(6-9-17)7-14-20(22)23/h5-9,14,18-19H,2-4,10-13,15H2,1H3,(H,22,23). The Morgan fingerprint density at radius 1 is 1.08 bits per heavy atom. The van der Waals surface area contributed by atoms with Crippen LogP contribution in [0.1, 0.15) is 67.8 Å². The Morgan fingerprint density at radius 3 is 2.35 bits per heavy atom. The molecule has 5 heteroatoms. The van der Waals surface area contributed by atoms with Gasteiger partial charge in [-0.25, -0.2) is 9.59 Å². The first-order valence-electron chi connectivity index (χ1n) is 9.42. The predicted molar refractivity (Wildman–Crippen MR) is 100 cm³/mol. The molecule has 142 valence electrons. The van der Waals surface area contributed by atoms with Crippen molar-refractivity contribution in [2.45, 2.75) is 64.1 Å². The van der Waals surface area contributed by atoms with Crippen molar-refractivity contribution in [1.82, 2.24) is 0 Å². The van der Waals surface area contributed by atoms with Crippen molar-refractivity contribution in [3.05, 3.63) is 41.5 Å². The van der Waals surface area contributed by atoms with E-state index in [0.29, 0.717) is 11.7 Å². The highest BCUT2D eigenvalue weighted by Gasteiger charge is 2.24. The number of hydrogen-bond donors (Lipinski definition) is 1. The molecule has 1 aliphatic carbocycles. The van der Waals surface area contributed by atoms with Gasteiger partial charge >= 0.3 is 11.9 Å². The van der Waals surface area contributed by atoms with Crippen LogP contribution in [0.3, 0.4) is 0 Å². The fraction of sp³-hybridized carbons (Fsp3) is 0.524. The van der Waals surface area contributed by atoms with E-state index in [-0.39, 0.29) is 12.1 Å². The molecule has 1 N–H and O–H groups in total. The maximum absolute atomic E-state index is 12.3. The van der Waals surface area contributed by atoms with E-state index in [0.717, 1.165) is 50.4 Å². The van der Waals surface area contributed by atoms with Crippen molar-refractivity contribution < 1.29 is 24.2 Å². The van der Waals surface area contributed by atoms with Gasteiger partial charge in [0.25, 0.3) is 0 Å². The summed E-state index contributed by atoms with van der Waals surface area (Å²) in [6, 6.07) is 6.73. The molecule has 26 heavy (non-hydrogen) atoms. The van der Waals surface area contributed by atoms with Crippen LogP contribution in [-0.4, -0.2) is 35.9 Å². The van der Waals surface area contributed by atoms with Gasteiger partial charge in [0, 0.05) is 12.7 Å². The highest BCUT2D eigenvalue weighted by molar-refractivity contribution is 5.90. The van der Waals surface area contributed by atoms with E-state index in [9.17, 15) is 9.59 Å². The average molecular weight is 360 g/mol. The maximum Gasteiger partial charge on any atom is 0.338 e. The number of carbonyl (C=O) groups is 2. The number of unbranched alkanes of at least 4 members (excludes halogenated alkanes) is 2. The van der Waals surface area contributed by atoms with Gasteiger partial charge in [-0.15, -0.1) is 0 Å². The van der Waals surface area contributed by atoms with Gasteiger partial charge < -0.3 is 14.6 Å². The zero-order valence-electron chi connectivity index (χ0n) is 15.4. The summed E-state index contributed by atoms with van der Waals surface area (Å²) in [5.41, 5.74) is 1.21. The number of benzene rings is 1. The van der Waals surface area contributed by atoms with E-state index in [1.165, 1.54) is 18.9 Å². The Labute approximate surface area is 155 Å². The molecule has 0 spiro atoms. The highest BCUT2D eigenvalue weighted by atomic mass is 16.5. The summed E-state index contributed by atoms with van der Waals surface area (Å²) < 4.78 is 11.5. The molecule has 0 aromatic heterocycles. The third-order valence-corrected chi connectivity index (χ3v) is 4.56. The molecule has 0 aliphatic heterocycles. The second-order valence-corrected chi connectivity index (χ2v) is 6.68. The average Bonchev–Trinajstić information content (AvgIpc) is 2.65. The summed E-state index contributed by atoms with van der Waals surface area (Å²) in [5.74, 6) is -1.33. The Bertz CT molecular complexity index is 597.